The summed E-state index contributed by atoms with van der Waals surface area (Å²) in [7, 11) is 0. The summed E-state index contributed by atoms with van der Waals surface area (Å²) in [6.07, 6.45) is 1.26. The van der Waals surface area contributed by atoms with E-state index in [2.05, 4.69) is 5.32 Å². The van der Waals surface area contributed by atoms with Gasteiger partial charge in [0.25, 0.3) is 11.8 Å². The molecule has 2 N–H and O–H groups in total. The average molecular weight is 421 g/mol. The Kier molecular flexibility index (Phi) is 5.58. The molecular weight excluding hydrogens is 407 g/mol. The summed E-state index contributed by atoms with van der Waals surface area (Å²) < 4.78 is 5.29. The average Bonchev–Trinajstić information content (AvgIpc) is 2.64. The SMILES string of the molecule is CCOc1cc(/C=C2\C(=O)NC(=O)N(c3ccc(Cl)cc3)C2=O)cc(Cl)c1O. The Hall–Kier alpha value is -3.03. The molecule has 0 radical (unpaired) electrons. The summed E-state index contributed by atoms with van der Waals surface area (Å²) in [4.78, 5) is 38.1. The third-order valence-corrected chi connectivity index (χ3v) is 4.39. The number of benzene rings is 2. The molecule has 2 aromatic rings. The third-order valence-electron chi connectivity index (χ3n) is 3.85. The molecule has 1 fully saturated rings. The second-order valence-corrected chi connectivity index (χ2v) is 6.56. The van der Waals surface area contributed by atoms with E-state index in [1.807, 2.05) is 0 Å². The predicted molar refractivity (Wildman–Crippen MR) is 105 cm³/mol. The van der Waals surface area contributed by atoms with Crippen molar-refractivity contribution in [2.24, 2.45) is 0 Å². The molecule has 0 bridgehead atoms. The van der Waals surface area contributed by atoms with E-state index in [0.717, 1.165) is 4.90 Å². The maximum atomic E-state index is 12.8. The van der Waals surface area contributed by atoms with Crippen molar-refractivity contribution in [1.29, 1.82) is 0 Å². The van der Waals surface area contributed by atoms with Crippen LogP contribution in [-0.4, -0.2) is 29.6 Å². The summed E-state index contributed by atoms with van der Waals surface area (Å²) in [6.45, 7) is 2.01. The van der Waals surface area contributed by atoms with Gasteiger partial charge in [-0.2, -0.15) is 0 Å². The Morgan fingerprint density at radius 3 is 2.46 bits per heavy atom. The standard InChI is InChI=1S/C19H14Cl2N2O5/c1-2-28-15-9-10(8-14(21)16(15)24)7-13-17(25)22-19(27)23(18(13)26)12-5-3-11(20)4-6-12/h3-9,24H,2H2,1H3,(H,22,25,27)/b13-7+. The van der Waals surface area contributed by atoms with Crippen LogP contribution in [0.3, 0.4) is 0 Å². The number of barbiturate groups is 1. The van der Waals surface area contributed by atoms with Gasteiger partial charge in [-0.05, 0) is 55.0 Å². The maximum absolute atomic E-state index is 12.8. The Balaban J connectivity index is 2.03. The van der Waals surface area contributed by atoms with E-state index in [1.54, 1.807) is 6.92 Å². The molecule has 0 saturated carbocycles. The summed E-state index contributed by atoms with van der Waals surface area (Å²) in [5.41, 5.74) is 0.318. The minimum atomic E-state index is -0.867. The fourth-order valence-corrected chi connectivity index (χ4v) is 2.94. The van der Waals surface area contributed by atoms with Crippen LogP contribution in [0, 0.1) is 0 Å². The second-order valence-electron chi connectivity index (χ2n) is 5.72. The first-order chi connectivity index (χ1) is 13.3. The molecule has 2 aromatic carbocycles. The highest BCUT2D eigenvalue weighted by molar-refractivity contribution is 6.39. The number of carbonyl (C=O) groups excluding carboxylic acids is 3. The lowest BCUT2D eigenvalue weighted by atomic mass is 10.1. The topological polar surface area (TPSA) is 95.9 Å². The summed E-state index contributed by atoms with van der Waals surface area (Å²) in [6, 6.07) is 7.94. The van der Waals surface area contributed by atoms with Gasteiger partial charge in [-0.25, -0.2) is 9.69 Å². The molecule has 0 unspecified atom stereocenters. The smallest absolute Gasteiger partial charge is 0.335 e. The molecule has 0 spiro atoms. The van der Waals surface area contributed by atoms with Gasteiger partial charge in [0.15, 0.2) is 11.5 Å². The van der Waals surface area contributed by atoms with E-state index in [0.29, 0.717) is 10.6 Å². The molecule has 7 nitrogen and oxygen atoms in total. The Morgan fingerprint density at radius 1 is 1.14 bits per heavy atom. The van der Waals surface area contributed by atoms with Crippen molar-refractivity contribution in [3.05, 3.63) is 57.6 Å². The van der Waals surface area contributed by atoms with Gasteiger partial charge in [0, 0.05) is 5.02 Å². The van der Waals surface area contributed by atoms with Crippen LogP contribution in [0.25, 0.3) is 6.08 Å². The van der Waals surface area contributed by atoms with Crippen molar-refractivity contribution < 1.29 is 24.2 Å². The van der Waals surface area contributed by atoms with E-state index in [-0.39, 0.29) is 34.4 Å². The number of urea groups is 1. The monoisotopic (exact) mass is 420 g/mol. The van der Waals surface area contributed by atoms with Crippen LogP contribution in [0.15, 0.2) is 42.0 Å². The van der Waals surface area contributed by atoms with E-state index in [9.17, 15) is 19.5 Å². The lowest BCUT2D eigenvalue weighted by Gasteiger charge is -2.26. The zero-order valence-electron chi connectivity index (χ0n) is 14.5. The van der Waals surface area contributed by atoms with Crippen molar-refractivity contribution in [1.82, 2.24) is 5.32 Å². The first kappa shape index (κ1) is 19.7. The number of hydrogen-bond acceptors (Lipinski definition) is 5. The molecule has 3 rings (SSSR count). The Morgan fingerprint density at radius 2 is 1.82 bits per heavy atom. The zero-order chi connectivity index (χ0) is 20.4. The fourth-order valence-electron chi connectivity index (χ4n) is 2.59. The number of carbonyl (C=O) groups is 3. The fraction of sp³-hybridized carbons (Fsp3) is 0.105. The predicted octanol–water partition coefficient (Wildman–Crippen LogP) is 3.76. The van der Waals surface area contributed by atoms with Crippen LogP contribution in [0.1, 0.15) is 12.5 Å². The Bertz CT molecular complexity index is 1000. The van der Waals surface area contributed by atoms with Crippen LogP contribution in [-0.2, 0) is 9.59 Å². The van der Waals surface area contributed by atoms with Crippen molar-refractivity contribution in [3.8, 4) is 11.5 Å². The number of imide groups is 2. The highest BCUT2D eigenvalue weighted by atomic mass is 35.5. The van der Waals surface area contributed by atoms with E-state index < -0.39 is 17.8 Å². The maximum Gasteiger partial charge on any atom is 0.335 e. The van der Waals surface area contributed by atoms with Crippen molar-refractivity contribution in [3.63, 3.8) is 0 Å². The van der Waals surface area contributed by atoms with E-state index in [4.69, 9.17) is 27.9 Å². The second kappa shape index (κ2) is 7.92. The quantitative estimate of drug-likeness (QED) is 0.579. The van der Waals surface area contributed by atoms with Gasteiger partial charge in [-0.3, -0.25) is 14.9 Å². The highest BCUT2D eigenvalue weighted by Gasteiger charge is 2.36. The Labute approximate surface area is 170 Å². The lowest BCUT2D eigenvalue weighted by Crippen LogP contribution is -2.54. The molecule has 0 aromatic heterocycles. The number of amides is 4. The summed E-state index contributed by atoms with van der Waals surface area (Å²) in [5, 5.41) is 12.5. The largest absolute Gasteiger partial charge is 0.503 e. The molecule has 1 aliphatic rings. The number of phenolic OH excluding ortho intramolecular Hbond substituents is 1. The number of rotatable bonds is 4. The van der Waals surface area contributed by atoms with Crippen molar-refractivity contribution in [2.75, 3.05) is 11.5 Å². The zero-order valence-corrected chi connectivity index (χ0v) is 16.0. The van der Waals surface area contributed by atoms with Gasteiger partial charge in [-0.15, -0.1) is 0 Å². The van der Waals surface area contributed by atoms with Crippen LogP contribution in [0.4, 0.5) is 10.5 Å². The van der Waals surface area contributed by atoms with Gasteiger partial charge < -0.3 is 9.84 Å². The number of aromatic hydroxyl groups is 1. The van der Waals surface area contributed by atoms with Gasteiger partial charge in [-0.1, -0.05) is 23.2 Å². The van der Waals surface area contributed by atoms with Gasteiger partial charge in [0.05, 0.1) is 17.3 Å². The number of halogens is 2. The molecule has 4 amide bonds. The van der Waals surface area contributed by atoms with Crippen LogP contribution >= 0.6 is 23.2 Å². The van der Waals surface area contributed by atoms with Gasteiger partial charge >= 0.3 is 6.03 Å². The number of hydrogen-bond donors (Lipinski definition) is 2. The third kappa shape index (κ3) is 3.81. The molecule has 28 heavy (non-hydrogen) atoms. The van der Waals surface area contributed by atoms with E-state index >= 15 is 0 Å². The summed E-state index contributed by atoms with van der Waals surface area (Å²) in [5.74, 6) is -1.79. The minimum absolute atomic E-state index is 0.00731. The van der Waals surface area contributed by atoms with E-state index in [1.165, 1.54) is 42.5 Å². The van der Waals surface area contributed by atoms with Gasteiger partial charge in [0.2, 0.25) is 0 Å². The molecule has 0 atom stereocenters. The lowest BCUT2D eigenvalue weighted by molar-refractivity contribution is -0.122. The molecular formula is C19H14Cl2N2O5. The number of ether oxygens (including phenoxy) is 1. The molecule has 0 aliphatic carbocycles. The van der Waals surface area contributed by atoms with Gasteiger partial charge in [0.1, 0.15) is 5.57 Å². The molecule has 9 heteroatoms. The molecule has 1 saturated heterocycles. The normalized spacial score (nSPS) is 15.8. The molecule has 144 valence electrons. The number of phenols is 1. The molecule has 1 heterocycles. The number of nitrogens with zero attached hydrogens (tertiary/aromatic N) is 1. The van der Waals surface area contributed by atoms with Crippen LogP contribution < -0.4 is 15.0 Å². The number of anilines is 1. The highest BCUT2D eigenvalue weighted by Crippen LogP contribution is 2.36. The summed E-state index contributed by atoms with van der Waals surface area (Å²) >= 11 is 11.8. The molecule has 1 aliphatic heterocycles. The van der Waals surface area contributed by atoms with Crippen molar-refractivity contribution in [2.45, 2.75) is 6.92 Å². The minimum Gasteiger partial charge on any atom is -0.503 e. The first-order valence-corrected chi connectivity index (χ1v) is 8.89. The first-order valence-electron chi connectivity index (χ1n) is 8.14. The van der Waals surface area contributed by atoms with Crippen molar-refractivity contribution >= 4 is 52.8 Å². The van der Waals surface area contributed by atoms with Crippen LogP contribution in [0.5, 0.6) is 11.5 Å². The number of nitrogens with one attached hydrogen (secondary N) is 1. The van der Waals surface area contributed by atoms with Crippen LogP contribution in [0.2, 0.25) is 10.0 Å².